The number of amides is 2. The van der Waals surface area contributed by atoms with E-state index < -0.39 is 11.8 Å². The van der Waals surface area contributed by atoms with Crippen LogP contribution in [0.5, 0.6) is 0 Å². The lowest BCUT2D eigenvalue weighted by atomic mass is 9.80. The molecule has 5 nitrogen and oxygen atoms in total. The van der Waals surface area contributed by atoms with Crippen LogP contribution in [0, 0.1) is 6.92 Å². The molecule has 2 heterocycles. The molecule has 2 aromatic rings. The zero-order chi connectivity index (χ0) is 22.5. The highest BCUT2D eigenvalue weighted by Crippen LogP contribution is 2.42. The molecule has 31 heavy (non-hydrogen) atoms. The largest absolute Gasteiger partial charge is 0.369 e. The maximum absolute atomic E-state index is 13.2. The fourth-order valence-electron chi connectivity index (χ4n) is 4.44. The Hall–Kier alpha value is -2.99. The van der Waals surface area contributed by atoms with Gasteiger partial charge in [0, 0.05) is 18.3 Å². The summed E-state index contributed by atoms with van der Waals surface area (Å²) < 4.78 is 0. The van der Waals surface area contributed by atoms with Crippen LogP contribution in [-0.2, 0) is 9.59 Å². The summed E-state index contributed by atoms with van der Waals surface area (Å²) in [5.41, 5.74) is 5.11. The number of fused-ring (bicyclic) bond motifs is 1. The number of benzene rings is 2. The average molecular weight is 434 g/mol. The molecule has 0 aromatic heterocycles. The molecule has 0 aliphatic carbocycles. The van der Waals surface area contributed by atoms with E-state index >= 15 is 0 Å². The Morgan fingerprint density at radius 3 is 2.48 bits per heavy atom. The summed E-state index contributed by atoms with van der Waals surface area (Å²) >= 11 is 5.28. The van der Waals surface area contributed by atoms with Gasteiger partial charge in [0.1, 0.15) is 5.57 Å². The van der Waals surface area contributed by atoms with Crippen LogP contribution in [-0.4, -0.2) is 29.5 Å². The lowest BCUT2D eigenvalue weighted by Crippen LogP contribution is -2.54. The summed E-state index contributed by atoms with van der Waals surface area (Å²) in [6.45, 7) is 8.69. The predicted octanol–water partition coefficient (Wildman–Crippen LogP) is 4.55. The van der Waals surface area contributed by atoms with Crippen molar-refractivity contribution in [2.24, 2.45) is 0 Å². The number of nitrogens with one attached hydrogen (secondary N) is 1. The van der Waals surface area contributed by atoms with Crippen LogP contribution < -0.4 is 15.1 Å². The van der Waals surface area contributed by atoms with E-state index in [1.54, 1.807) is 6.08 Å². The van der Waals surface area contributed by atoms with Crippen LogP contribution >= 0.6 is 12.2 Å². The molecule has 0 radical (unpaired) electrons. The number of anilines is 2. The minimum Gasteiger partial charge on any atom is -0.369 e. The number of rotatable bonds is 2. The Morgan fingerprint density at radius 2 is 1.81 bits per heavy atom. The van der Waals surface area contributed by atoms with Gasteiger partial charge in [-0.2, -0.15) is 0 Å². The number of carbonyl (C=O) groups is 2. The second-order valence-electron chi connectivity index (χ2n) is 9.09. The highest BCUT2D eigenvalue weighted by molar-refractivity contribution is 7.80. The molecule has 1 atom stereocenters. The Bertz CT molecular complexity index is 1120. The first-order valence-electron chi connectivity index (χ1n) is 10.4. The number of thiocarbonyl (C=S) groups is 1. The van der Waals surface area contributed by atoms with Gasteiger partial charge in [-0.3, -0.25) is 19.8 Å². The van der Waals surface area contributed by atoms with Gasteiger partial charge in [-0.15, -0.1) is 0 Å². The van der Waals surface area contributed by atoms with Gasteiger partial charge >= 0.3 is 0 Å². The third-order valence-electron chi connectivity index (χ3n) is 6.36. The SMILES string of the molecule is Cc1ccc(N2C(=O)/C(=C/c3ccc4c(c3)C(C)CC(C)(C)N4C)C(=O)NC2=S)cc1. The van der Waals surface area contributed by atoms with Crippen LogP contribution in [0.3, 0.4) is 0 Å². The van der Waals surface area contributed by atoms with Crippen LogP contribution in [0.1, 0.15) is 49.8 Å². The molecule has 2 amide bonds. The van der Waals surface area contributed by atoms with Crippen LogP contribution in [0.25, 0.3) is 6.08 Å². The monoisotopic (exact) mass is 433 g/mol. The molecule has 2 aromatic carbocycles. The Kier molecular flexibility index (Phi) is 5.21. The third kappa shape index (κ3) is 3.76. The summed E-state index contributed by atoms with van der Waals surface area (Å²) in [6.07, 6.45) is 2.69. The Morgan fingerprint density at radius 1 is 1.13 bits per heavy atom. The van der Waals surface area contributed by atoms with Crippen molar-refractivity contribution >= 4 is 46.6 Å². The molecule has 0 saturated carbocycles. The van der Waals surface area contributed by atoms with E-state index in [2.05, 4.69) is 50.2 Å². The van der Waals surface area contributed by atoms with Crippen molar-refractivity contribution < 1.29 is 9.59 Å². The molecule has 1 saturated heterocycles. The summed E-state index contributed by atoms with van der Waals surface area (Å²) in [5.74, 6) is -0.504. The number of nitrogens with zero attached hydrogens (tertiary/aromatic N) is 2. The Labute approximate surface area is 188 Å². The van der Waals surface area contributed by atoms with E-state index in [1.165, 1.54) is 16.2 Å². The van der Waals surface area contributed by atoms with Gasteiger partial charge < -0.3 is 4.90 Å². The standard InChI is InChI=1S/C25H27N3O2S/c1-15-6-9-18(10-7-15)28-23(30)20(22(29)26-24(28)31)13-17-8-11-21-19(12-17)16(2)14-25(3,4)27(21)5/h6-13,16H,14H2,1-5H3,(H,26,29,31)/b20-13+. The van der Waals surface area contributed by atoms with Crippen molar-refractivity contribution in [3.8, 4) is 0 Å². The van der Waals surface area contributed by atoms with Crippen molar-refractivity contribution in [3.05, 3.63) is 64.7 Å². The molecular formula is C25H27N3O2S. The first-order chi connectivity index (χ1) is 14.6. The number of hydrogen-bond donors (Lipinski definition) is 1. The minimum atomic E-state index is -0.470. The van der Waals surface area contributed by atoms with Crippen LogP contribution in [0.15, 0.2) is 48.0 Å². The van der Waals surface area contributed by atoms with Gasteiger partial charge in [-0.25, -0.2) is 0 Å². The van der Waals surface area contributed by atoms with Gasteiger partial charge in [0.25, 0.3) is 11.8 Å². The minimum absolute atomic E-state index is 0.0753. The molecule has 6 heteroatoms. The van der Waals surface area contributed by atoms with E-state index in [-0.39, 0.29) is 16.2 Å². The molecule has 1 unspecified atom stereocenters. The molecular weight excluding hydrogens is 406 g/mol. The lowest BCUT2D eigenvalue weighted by molar-refractivity contribution is -0.122. The molecule has 0 bridgehead atoms. The van der Waals surface area contributed by atoms with Crippen molar-refractivity contribution in [3.63, 3.8) is 0 Å². The summed E-state index contributed by atoms with van der Waals surface area (Å²) in [5, 5.41) is 2.75. The lowest BCUT2D eigenvalue weighted by Gasteiger charge is -2.45. The predicted molar refractivity (Wildman–Crippen MR) is 129 cm³/mol. The quantitative estimate of drug-likeness (QED) is 0.429. The first kappa shape index (κ1) is 21.2. The molecule has 4 rings (SSSR count). The highest BCUT2D eigenvalue weighted by atomic mass is 32.1. The normalized spacial score (nSPS) is 21.9. The highest BCUT2D eigenvalue weighted by Gasteiger charge is 2.36. The second kappa shape index (κ2) is 7.61. The maximum atomic E-state index is 13.2. The van der Waals surface area contributed by atoms with E-state index in [4.69, 9.17) is 12.2 Å². The van der Waals surface area contributed by atoms with Gasteiger partial charge in [-0.05, 0) is 86.8 Å². The van der Waals surface area contributed by atoms with Crippen LogP contribution in [0.4, 0.5) is 11.4 Å². The van der Waals surface area contributed by atoms with E-state index in [0.29, 0.717) is 11.6 Å². The van der Waals surface area contributed by atoms with Gasteiger partial charge in [0.2, 0.25) is 0 Å². The van der Waals surface area contributed by atoms with E-state index in [1.807, 2.05) is 37.3 Å². The zero-order valence-corrected chi connectivity index (χ0v) is 19.3. The maximum Gasteiger partial charge on any atom is 0.270 e. The number of aryl methyl sites for hydroxylation is 1. The molecule has 2 aliphatic heterocycles. The van der Waals surface area contributed by atoms with Crippen LogP contribution in [0.2, 0.25) is 0 Å². The first-order valence-corrected chi connectivity index (χ1v) is 10.9. The number of hydrogen-bond acceptors (Lipinski definition) is 4. The molecule has 1 N–H and O–H groups in total. The fourth-order valence-corrected chi connectivity index (χ4v) is 4.72. The van der Waals surface area contributed by atoms with Gasteiger partial charge in [0.05, 0.1) is 5.69 Å². The zero-order valence-electron chi connectivity index (χ0n) is 18.5. The van der Waals surface area contributed by atoms with Crippen molar-refractivity contribution in [1.82, 2.24) is 5.32 Å². The summed E-state index contributed by atoms with van der Waals surface area (Å²) in [7, 11) is 2.11. The molecule has 1 fully saturated rings. The Balaban J connectivity index is 1.72. The fraction of sp³-hybridized carbons (Fsp3) is 0.320. The molecule has 160 valence electrons. The average Bonchev–Trinajstić information content (AvgIpc) is 2.70. The summed E-state index contributed by atoms with van der Waals surface area (Å²) in [6, 6.07) is 13.6. The van der Waals surface area contributed by atoms with E-state index in [0.717, 1.165) is 17.5 Å². The summed E-state index contributed by atoms with van der Waals surface area (Å²) in [4.78, 5) is 29.5. The topological polar surface area (TPSA) is 52.7 Å². The number of carbonyl (C=O) groups excluding carboxylic acids is 2. The van der Waals surface area contributed by atoms with Crippen molar-refractivity contribution in [2.75, 3.05) is 16.8 Å². The third-order valence-corrected chi connectivity index (χ3v) is 6.65. The van der Waals surface area contributed by atoms with Gasteiger partial charge in [-0.1, -0.05) is 30.7 Å². The van der Waals surface area contributed by atoms with Gasteiger partial charge in [0.15, 0.2) is 5.11 Å². The molecule has 0 spiro atoms. The van der Waals surface area contributed by atoms with Crippen molar-refractivity contribution in [1.29, 1.82) is 0 Å². The van der Waals surface area contributed by atoms with E-state index in [9.17, 15) is 9.59 Å². The van der Waals surface area contributed by atoms with Crippen molar-refractivity contribution in [2.45, 2.75) is 45.6 Å². The molecule has 2 aliphatic rings. The second-order valence-corrected chi connectivity index (χ2v) is 9.47. The smallest absolute Gasteiger partial charge is 0.270 e.